The minimum absolute atomic E-state index is 0.123. The Labute approximate surface area is 70.9 Å². The minimum atomic E-state index is -0.123. The molecule has 3 nitrogen and oxygen atoms in total. The van der Waals surface area contributed by atoms with Crippen LogP contribution in [0.25, 0.3) is 0 Å². The molecule has 0 aromatic heterocycles. The number of rotatable bonds is 3. The lowest BCUT2D eigenvalue weighted by atomic mass is 10.4. The summed E-state index contributed by atoms with van der Waals surface area (Å²) in [5, 5.41) is 3.85. The summed E-state index contributed by atoms with van der Waals surface area (Å²) in [5.41, 5.74) is 0. The Hall–Kier alpha value is -0.220. The van der Waals surface area contributed by atoms with E-state index in [0.29, 0.717) is 11.0 Å². The Bertz CT molecular complexity index is 134. The molecule has 0 spiro atoms. The molecule has 1 unspecified atom stereocenters. The molecule has 1 saturated heterocycles. The fourth-order valence-corrected chi connectivity index (χ4v) is 2.03. The summed E-state index contributed by atoms with van der Waals surface area (Å²) in [6, 6.07) is 0. The van der Waals surface area contributed by atoms with Crippen LogP contribution in [0.15, 0.2) is 0 Å². The summed E-state index contributed by atoms with van der Waals surface area (Å²) < 4.78 is 4.53. The zero-order chi connectivity index (χ0) is 8.10. The SMILES string of the molecule is COC(=O)CSC1CCNC1. The van der Waals surface area contributed by atoms with Crippen LogP contribution in [0.2, 0.25) is 0 Å². The van der Waals surface area contributed by atoms with Crippen molar-refractivity contribution in [3.63, 3.8) is 0 Å². The molecule has 1 aliphatic rings. The van der Waals surface area contributed by atoms with Crippen LogP contribution in [0.1, 0.15) is 6.42 Å². The van der Waals surface area contributed by atoms with Gasteiger partial charge in [0.2, 0.25) is 0 Å². The van der Waals surface area contributed by atoms with Crippen molar-refractivity contribution in [2.75, 3.05) is 26.0 Å². The average molecular weight is 175 g/mol. The van der Waals surface area contributed by atoms with Gasteiger partial charge < -0.3 is 10.1 Å². The standard InChI is InChI=1S/C7H13NO2S/c1-10-7(9)5-11-6-2-3-8-4-6/h6,8H,2-5H2,1H3. The van der Waals surface area contributed by atoms with Gasteiger partial charge in [-0.3, -0.25) is 4.79 Å². The number of methoxy groups -OCH3 is 1. The molecular weight excluding hydrogens is 162 g/mol. The van der Waals surface area contributed by atoms with Gasteiger partial charge in [-0.15, -0.1) is 11.8 Å². The van der Waals surface area contributed by atoms with E-state index >= 15 is 0 Å². The Morgan fingerprint density at radius 3 is 3.18 bits per heavy atom. The van der Waals surface area contributed by atoms with Crippen molar-refractivity contribution in [2.24, 2.45) is 0 Å². The van der Waals surface area contributed by atoms with Gasteiger partial charge in [-0.25, -0.2) is 0 Å². The molecule has 0 radical (unpaired) electrons. The maximum absolute atomic E-state index is 10.7. The highest BCUT2D eigenvalue weighted by Crippen LogP contribution is 2.16. The largest absolute Gasteiger partial charge is 0.468 e. The number of nitrogens with one attached hydrogen (secondary N) is 1. The van der Waals surface area contributed by atoms with Gasteiger partial charge in [0.05, 0.1) is 12.9 Å². The minimum Gasteiger partial charge on any atom is -0.468 e. The van der Waals surface area contributed by atoms with E-state index in [0.717, 1.165) is 13.1 Å². The molecule has 11 heavy (non-hydrogen) atoms. The van der Waals surface area contributed by atoms with Gasteiger partial charge in [0.15, 0.2) is 0 Å². The number of thioether (sulfide) groups is 1. The van der Waals surface area contributed by atoms with Crippen LogP contribution < -0.4 is 5.32 Å². The van der Waals surface area contributed by atoms with Crippen LogP contribution in [0.3, 0.4) is 0 Å². The topological polar surface area (TPSA) is 38.3 Å². The van der Waals surface area contributed by atoms with Crippen molar-refractivity contribution in [2.45, 2.75) is 11.7 Å². The van der Waals surface area contributed by atoms with E-state index in [1.54, 1.807) is 11.8 Å². The predicted octanol–water partition coefficient (Wildman–Crippen LogP) is 0.254. The highest BCUT2D eigenvalue weighted by molar-refractivity contribution is 8.00. The van der Waals surface area contributed by atoms with E-state index in [2.05, 4.69) is 10.1 Å². The normalized spacial score (nSPS) is 23.5. The van der Waals surface area contributed by atoms with Crippen molar-refractivity contribution in [3.05, 3.63) is 0 Å². The van der Waals surface area contributed by atoms with Crippen molar-refractivity contribution in [1.82, 2.24) is 5.32 Å². The van der Waals surface area contributed by atoms with Crippen LogP contribution in [-0.4, -0.2) is 37.2 Å². The van der Waals surface area contributed by atoms with Gasteiger partial charge >= 0.3 is 5.97 Å². The average Bonchev–Trinajstić information content (AvgIpc) is 2.52. The highest BCUT2D eigenvalue weighted by Gasteiger charge is 2.15. The maximum atomic E-state index is 10.7. The molecule has 4 heteroatoms. The van der Waals surface area contributed by atoms with Crippen LogP contribution in [0.5, 0.6) is 0 Å². The summed E-state index contributed by atoms with van der Waals surface area (Å²) >= 11 is 1.68. The third kappa shape index (κ3) is 3.12. The Morgan fingerprint density at radius 1 is 1.82 bits per heavy atom. The van der Waals surface area contributed by atoms with Gasteiger partial charge in [0.1, 0.15) is 0 Å². The van der Waals surface area contributed by atoms with Crippen molar-refractivity contribution >= 4 is 17.7 Å². The van der Waals surface area contributed by atoms with Crippen molar-refractivity contribution in [3.8, 4) is 0 Å². The van der Waals surface area contributed by atoms with E-state index in [1.807, 2.05) is 0 Å². The van der Waals surface area contributed by atoms with Gasteiger partial charge in [-0.2, -0.15) is 0 Å². The van der Waals surface area contributed by atoms with Crippen LogP contribution >= 0.6 is 11.8 Å². The van der Waals surface area contributed by atoms with Crippen molar-refractivity contribution in [1.29, 1.82) is 0 Å². The molecule has 0 amide bonds. The van der Waals surface area contributed by atoms with Gasteiger partial charge in [-0.05, 0) is 13.0 Å². The molecule has 1 rings (SSSR count). The van der Waals surface area contributed by atoms with E-state index < -0.39 is 0 Å². The summed E-state index contributed by atoms with van der Waals surface area (Å²) in [7, 11) is 1.43. The smallest absolute Gasteiger partial charge is 0.315 e. The zero-order valence-corrected chi connectivity index (χ0v) is 7.45. The molecule has 1 heterocycles. The van der Waals surface area contributed by atoms with Crippen LogP contribution in [0, 0.1) is 0 Å². The molecule has 1 atom stereocenters. The number of hydrogen-bond donors (Lipinski definition) is 1. The number of carbonyl (C=O) groups excluding carboxylic acids is 1. The third-order valence-electron chi connectivity index (χ3n) is 1.68. The van der Waals surface area contributed by atoms with Crippen LogP contribution in [-0.2, 0) is 9.53 Å². The fourth-order valence-electron chi connectivity index (χ4n) is 1.02. The number of esters is 1. The fraction of sp³-hybridized carbons (Fsp3) is 0.857. The summed E-state index contributed by atoms with van der Waals surface area (Å²) in [4.78, 5) is 10.7. The molecule has 0 saturated carbocycles. The summed E-state index contributed by atoms with van der Waals surface area (Å²) in [6.07, 6.45) is 1.17. The molecule has 64 valence electrons. The van der Waals surface area contributed by atoms with E-state index in [9.17, 15) is 4.79 Å². The summed E-state index contributed by atoms with van der Waals surface area (Å²) in [5.74, 6) is 0.366. The Kier molecular flexibility index (Phi) is 3.72. The van der Waals surface area contributed by atoms with E-state index in [1.165, 1.54) is 13.5 Å². The quantitative estimate of drug-likeness (QED) is 0.624. The first kappa shape index (κ1) is 8.87. The van der Waals surface area contributed by atoms with Crippen molar-refractivity contribution < 1.29 is 9.53 Å². The second-order valence-electron chi connectivity index (χ2n) is 2.50. The second-order valence-corrected chi connectivity index (χ2v) is 3.79. The maximum Gasteiger partial charge on any atom is 0.315 e. The second kappa shape index (κ2) is 4.62. The Balaban J connectivity index is 2.06. The first-order valence-electron chi connectivity index (χ1n) is 3.72. The van der Waals surface area contributed by atoms with Gasteiger partial charge in [0.25, 0.3) is 0 Å². The lowest BCUT2D eigenvalue weighted by molar-refractivity contribution is -0.137. The van der Waals surface area contributed by atoms with Crippen LogP contribution in [0.4, 0.5) is 0 Å². The molecular formula is C7H13NO2S. The highest BCUT2D eigenvalue weighted by atomic mass is 32.2. The third-order valence-corrected chi connectivity index (χ3v) is 2.96. The molecule has 1 N–H and O–H groups in total. The lowest BCUT2D eigenvalue weighted by Gasteiger charge is -2.05. The Morgan fingerprint density at radius 2 is 2.64 bits per heavy atom. The lowest BCUT2D eigenvalue weighted by Crippen LogP contribution is -2.13. The predicted molar refractivity (Wildman–Crippen MR) is 45.7 cm³/mol. The molecule has 0 aliphatic carbocycles. The first-order valence-corrected chi connectivity index (χ1v) is 4.77. The number of carbonyl (C=O) groups is 1. The number of ether oxygens (including phenoxy) is 1. The summed E-state index contributed by atoms with van der Waals surface area (Å²) in [6.45, 7) is 2.11. The van der Waals surface area contributed by atoms with Gasteiger partial charge in [0, 0.05) is 11.8 Å². The molecule has 0 aromatic carbocycles. The van der Waals surface area contributed by atoms with E-state index in [4.69, 9.17) is 0 Å². The molecule has 1 aliphatic heterocycles. The molecule has 1 fully saturated rings. The molecule has 0 aromatic rings. The van der Waals surface area contributed by atoms with E-state index in [-0.39, 0.29) is 5.97 Å². The first-order chi connectivity index (χ1) is 5.33. The van der Waals surface area contributed by atoms with Gasteiger partial charge in [-0.1, -0.05) is 0 Å². The molecule has 0 bridgehead atoms. The number of hydrogen-bond acceptors (Lipinski definition) is 4. The zero-order valence-electron chi connectivity index (χ0n) is 6.63. The monoisotopic (exact) mass is 175 g/mol.